The molecule has 2 rings (SSSR count). The molecule has 0 aromatic heterocycles. The van der Waals surface area contributed by atoms with Gasteiger partial charge in [-0.15, -0.1) is 0 Å². The van der Waals surface area contributed by atoms with Gasteiger partial charge in [0.05, 0.1) is 0 Å². The van der Waals surface area contributed by atoms with Gasteiger partial charge in [-0.1, -0.05) is 50.6 Å². The second-order valence-corrected chi connectivity index (χ2v) is 6.80. The minimum Gasteiger partial charge on any atom is -0.308 e. The highest BCUT2D eigenvalue weighted by molar-refractivity contribution is 5.19. The second kappa shape index (κ2) is 7.24. The maximum Gasteiger partial charge on any atom is 0.0451 e. The fourth-order valence-electron chi connectivity index (χ4n) is 3.55. The van der Waals surface area contributed by atoms with Gasteiger partial charge in [0.25, 0.3) is 0 Å². The first-order chi connectivity index (χ1) is 9.58. The summed E-state index contributed by atoms with van der Waals surface area (Å²) in [7, 11) is 4.32. The monoisotopic (exact) mass is 274 g/mol. The highest BCUT2D eigenvalue weighted by Gasteiger charge is 2.29. The Morgan fingerprint density at radius 3 is 2.25 bits per heavy atom. The Labute approximate surface area is 124 Å². The van der Waals surface area contributed by atoms with Gasteiger partial charge in [-0.25, -0.2) is 0 Å². The van der Waals surface area contributed by atoms with Gasteiger partial charge >= 0.3 is 0 Å². The molecule has 0 spiro atoms. The smallest absolute Gasteiger partial charge is 0.0451 e. The predicted molar refractivity (Wildman–Crippen MR) is 86.8 cm³/mol. The summed E-state index contributed by atoms with van der Waals surface area (Å²) in [5.74, 6) is 1.57. The zero-order chi connectivity index (χ0) is 14.5. The van der Waals surface area contributed by atoms with Crippen molar-refractivity contribution in [3.8, 4) is 0 Å². The molecule has 1 N–H and O–H groups in total. The van der Waals surface area contributed by atoms with Crippen LogP contribution in [0.5, 0.6) is 0 Å². The molecule has 1 aliphatic rings. The first-order valence-corrected chi connectivity index (χ1v) is 8.03. The average Bonchev–Trinajstić information content (AvgIpc) is 2.42. The summed E-state index contributed by atoms with van der Waals surface area (Å²) in [6, 6.07) is 12.0. The van der Waals surface area contributed by atoms with E-state index in [1.165, 1.54) is 24.8 Å². The standard InChI is InChI=1S/C18H30N2/c1-14-9-8-10-15(2)18(14)19-17(13-20(3)4)16-11-6-5-7-12-16/h5-7,11-12,14-15,17-19H,8-10,13H2,1-4H3. The molecule has 1 aromatic rings. The second-order valence-electron chi connectivity index (χ2n) is 6.80. The fourth-order valence-corrected chi connectivity index (χ4v) is 3.55. The van der Waals surface area contributed by atoms with Crippen molar-refractivity contribution in [2.75, 3.05) is 20.6 Å². The molecular formula is C18H30N2. The quantitative estimate of drug-likeness (QED) is 0.880. The van der Waals surface area contributed by atoms with Crippen LogP contribution < -0.4 is 5.32 Å². The largest absolute Gasteiger partial charge is 0.308 e. The molecule has 1 aliphatic carbocycles. The van der Waals surface area contributed by atoms with Gasteiger partial charge < -0.3 is 10.2 Å². The van der Waals surface area contributed by atoms with Crippen LogP contribution in [0.2, 0.25) is 0 Å². The molecule has 0 aliphatic heterocycles. The fraction of sp³-hybridized carbons (Fsp3) is 0.667. The zero-order valence-electron chi connectivity index (χ0n) is 13.5. The van der Waals surface area contributed by atoms with E-state index in [1.54, 1.807) is 0 Å². The average molecular weight is 274 g/mol. The van der Waals surface area contributed by atoms with Crippen LogP contribution in [0.3, 0.4) is 0 Å². The van der Waals surface area contributed by atoms with Crippen molar-refractivity contribution in [1.29, 1.82) is 0 Å². The number of benzene rings is 1. The summed E-state index contributed by atoms with van der Waals surface area (Å²) < 4.78 is 0. The maximum atomic E-state index is 3.96. The molecule has 0 radical (unpaired) electrons. The Kier molecular flexibility index (Phi) is 5.62. The predicted octanol–water partition coefficient (Wildman–Crippen LogP) is 3.70. The SMILES string of the molecule is CC1CCCC(C)C1NC(CN(C)C)c1ccccc1. The highest BCUT2D eigenvalue weighted by atomic mass is 15.1. The van der Waals surface area contributed by atoms with Crippen molar-refractivity contribution in [2.45, 2.75) is 45.2 Å². The first-order valence-electron chi connectivity index (χ1n) is 8.03. The third-order valence-electron chi connectivity index (χ3n) is 4.69. The summed E-state index contributed by atoms with van der Waals surface area (Å²) >= 11 is 0. The topological polar surface area (TPSA) is 15.3 Å². The molecule has 2 heteroatoms. The number of likely N-dealkylation sites (N-methyl/N-ethyl adjacent to an activating group) is 1. The molecule has 0 heterocycles. The summed E-state index contributed by atoms with van der Waals surface area (Å²) in [6.07, 6.45) is 4.13. The minimum absolute atomic E-state index is 0.430. The Hall–Kier alpha value is -0.860. The van der Waals surface area contributed by atoms with E-state index in [4.69, 9.17) is 0 Å². The summed E-state index contributed by atoms with van der Waals surface area (Å²) in [5, 5.41) is 3.96. The minimum atomic E-state index is 0.430. The molecule has 0 amide bonds. The van der Waals surface area contributed by atoms with Crippen LogP contribution in [0.1, 0.15) is 44.7 Å². The van der Waals surface area contributed by atoms with Crippen LogP contribution in [0.15, 0.2) is 30.3 Å². The lowest BCUT2D eigenvalue weighted by Gasteiger charge is -2.38. The van der Waals surface area contributed by atoms with E-state index in [2.05, 4.69) is 68.5 Å². The van der Waals surface area contributed by atoms with Gasteiger partial charge in [-0.05, 0) is 44.3 Å². The summed E-state index contributed by atoms with van der Waals surface area (Å²) in [4.78, 5) is 2.28. The van der Waals surface area contributed by atoms with Gasteiger partial charge in [-0.2, -0.15) is 0 Å². The van der Waals surface area contributed by atoms with Crippen molar-refractivity contribution in [3.05, 3.63) is 35.9 Å². The van der Waals surface area contributed by atoms with Crippen molar-refractivity contribution >= 4 is 0 Å². The van der Waals surface area contributed by atoms with E-state index in [-0.39, 0.29) is 0 Å². The van der Waals surface area contributed by atoms with Crippen LogP contribution in [-0.2, 0) is 0 Å². The molecule has 3 atom stereocenters. The molecule has 20 heavy (non-hydrogen) atoms. The Balaban J connectivity index is 2.11. The molecule has 3 unspecified atom stereocenters. The summed E-state index contributed by atoms with van der Waals surface area (Å²) in [5.41, 5.74) is 1.41. The van der Waals surface area contributed by atoms with Crippen LogP contribution in [0.4, 0.5) is 0 Å². The number of nitrogens with one attached hydrogen (secondary N) is 1. The molecule has 2 nitrogen and oxygen atoms in total. The summed E-state index contributed by atoms with van der Waals surface area (Å²) in [6.45, 7) is 5.87. The highest BCUT2D eigenvalue weighted by Crippen LogP contribution is 2.30. The van der Waals surface area contributed by atoms with Crippen molar-refractivity contribution in [3.63, 3.8) is 0 Å². The molecule has 0 saturated heterocycles. The maximum absolute atomic E-state index is 3.96. The Morgan fingerprint density at radius 2 is 1.70 bits per heavy atom. The lowest BCUT2D eigenvalue weighted by Crippen LogP contribution is -2.46. The van der Waals surface area contributed by atoms with E-state index in [9.17, 15) is 0 Å². The van der Waals surface area contributed by atoms with Crippen molar-refractivity contribution in [2.24, 2.45) is 11.8 Å². The normalized spacial score (nSPS) is 28.6. The number of rotatable bonds is 5. The Morgan fingerprint density at radius 1 is 1.10 bits per heavy atom. The molecule has 112 valence electrons. The molecule has 1 saturated carbocycles. The Bertz CT molecular complexity index is 378. The van der Waals surface area contributed by atoms with Gasteiger partial charge in [0.2, 0.25) is 0 Å². The van der Waals surface area contributed by atoms with E-state index in [0.717, 1.165) is 18.4 Å². The lowest BCUT2D eigenvalue weighted by molar-refractivity contribution is 0.181. The molecular weight excluding hydrogens is 244 g/mol. The molecule has 1 aromatic carbocycles. The van der Waals surface area contributed by atoms with E-state index in [0.29, 0.717) is 12.1 Å². The lowest BCUT2D eigenvalue weighted by atomic mass is 9.78. The number of nitrogens with zero attached hydrogens (tertiary/aromatic N) is 1. The van der Waals surface area contributed by atoms with Crippen LogP contribution in [0, 0.1) is 11.8 Å². The van der Waals surface area contributed by atoms with E-state index in [1.807, 2.05) is 0 Å². The number of hydrogen-bond acceptors (Lipinski definition) is 2. The van der Waals surface area contributed by atoms with E-state index < -0.39 is 0 Å². The third kappa shape index (κ3) is 4.07. The van der Waals surface area contributed by atoms with Crippen molar-refractivity contribution in [1.82, 2.24) is 10.2 Å². The van der Waals surface area contributed by atoms with E-state index >= 15 is 0 Å². The van der Waals surface area contributed by atoms with Crippen LogP contribution in [-0.4, -0.2) is 31.6 Å². The van der Waals surface area contributed by atoms with Gasteiger partial charge in [-0.3, -0.25) is 0 Å². The zero-order valence-corrected chi connectivity index (χ0v) is 13.5. The van der Waals surface area contributed by atoms with Gasteiger partial charge in [0, 0.05) is 18.6 Å². The molecule has 1 fully saturated rings. The number of hydrogen-bond donors (Lipinski definition) is 1. The van der Waals surface area contributed by atoms with Crippen LogP contribution in [0.25, 0.3) is 0 Å². The molecule has 0 bridgehead atoms. The van der Waals surface area contributed by atoms with Crippen LogP contribution >= 0.6 is 0 Å². The van der Waals surface area contributed by atoms with Gasteiger partial charge in [0.1, 0.15) is 0 Å². The first kappa shape index (κ1) is 15.5. The van der Waals surface area contributed by atoms with Crippen molar-refractivity contribution < 1.29 is 0 Å². The van der Waals surface area contributed by atoms with Gasteiger partial charge in [0.15, 0.2) is 0 Å². The third-order valence-corrected chi connectivity index (χ3v) is 4.69.